The lowest BCUT2D eigenvalue weighted by atomic mass is 9.94. The summed E-state index contributed by atoms with van der Waals surface area (Å²) in [5.41, 5.74) is 0.559. The van der Waals surface area contributed by atoms with Gasteiger partial charge in [0.15, 0.2) is 18.5 Å². The van der Waals surface area contributed by atoms with Gasteiger partial charge in [-0.05, 0) is 24.3 Å². The molecule has 0 unspecified atom stereocenters. The fourth-order valence-electron chi connectivity index (χ4n) is 4.22. The molecule has 2 aliphatic rings. The Labute approximate surface area is 195 Å². The second-order valence-corrected chi connectivity index (χ2v) is 7.79. The molecule has 2 aromatic carbocycles. The molecule has 2 aromatic rings. The summed E-state index contributed by atoms with van der Waals surface area (Å²) in [6, 6.07) is 13.0. The first-order chi connectivity index (χ1) is 16.4. The highest BCUT2D eigenvalue weighted by Gasteiger charge is 2.56. The molecule has 1 N–H and O–H groups in total. The van der Waals surface area contributed by atoms with Crippen LogP contribution >= 0.6 is 0 Å². The van der Waals surface area contributed by atoms with Crippen molar-refractivity contribution in [2.24, 2.45) is 0 Å². The lowest BCUT2D eigenvalue weighted by Crippen LogP contribution is -2.67. The summed E-state index contributed by atoms with van der Waals surface area (Å²) in [5.74, 6) is -2.78. The predicted octanol–water partition coefficient (Wildman–Crippen LogP) is 1.17. The van der Waals surface area contributed by atoms with Crippen LogP contribution in [0.15, 0.2) is 54.6 Å². The number of methoxy groups -OCH3 is 1. The molecule has 0 aromatic heterocycles. The van der Waals surface area contributed by atoms with Gasteiger partial charge in [-0.2, -0.15) is 0 Å². The molecule has 0 saturated carbocycles. The van der Waals surface area contributed by atoms with Crippen LogP contribution < -0.4 is 0 Å². The summed E-state index contributed by atoms with van der Waals surface area (Å²) in [6.45, 7) is 0.528. The number of esters is 2. The number of nitrogens with zero attached hydrogens (tertiary/aromatic N) is 1. The fraction of sp³-hybridized carbons (Fsp3) is 0.333. The van der Waals surface area contributed by atoms with Gasteiger partial charge in [0.25, 0.3) is 11.8 Å². The van der Waals surface area contributed by atoms with Crippen LogP contribution in [0.3, 0.4) is 0 Å². The molecule has 10 nitrogen and oxygen atoms in total. The van der Waals surface area contributed by atoms with Crippen molar-refractivity contribution in [1.82, 2.24) is 4.90 Å². The molecule has 0 spiro atoms. The molecule has 1 fully saturated rings. The number of aliphatic hydroxyl groups is 1. The maximum atomic E-state index is 13.2. The molecule has 4 rings (SSSR count). The number of benzene rings is 2. The van der Waals surface area contributed by atoms with Crippen molar-refractivity contribution in [2.75, 3.05) is 13.7 Å². The van der Waals surface area contributed by atoms with E-state index in [0.717, 1.165) is 11.8 Å². The number of hydrogen-bond acceptors (Lipinski definition) is 9. The minimum absolute atomic E-state index is 0.172. The molecule has 2 amide bonds. The molecule has 2 heterocycles. The van der Waals surface area contributed by atoms with Crippen LogP contribution in [0.4, 0.5) is 0 Å². The standard InChI is InChI=1S/C24H23NO9/c1-13(27)32-20-18(25-21(28)15-10-6-7-11-16(15)22(25)29)24(31-2)33-17(12-26)19(20)34-23(30)14-8-4-3-5-9-14/h3-11,17-20,24,26H,12H2,1-2H3/t17-,18-,19-,20-,24-/m1/s1. The van der Waals surface area contributed by atoms with Crippen LogP contribution in [0.2, 0.25) is 0 Å². The number of carbonyl (C=O) groups is 4. The van der Waals surface area contributed by atoms with E-state index in [-0.39, 0.29) is 16.7 Å². The number of fused-ring (bicyclic) bond motifs is 1. The van der Waals surface area contributed by atoms with Crippen LogP contribution in [0, 0.1) is 0 Å². The zero-order valence-corrected chi connectivity index (χ0v) is 18.5. The van der Waals surface area contributed by atoms with Gasteiger partial charge in [-0.1, -0.05) is 30.3 Å². The fourth-order valence-corrected chi connectivity index (χ4v) is 4.22. The highest BCUT2D eigenvalue weighted by Crippen LogP contribution is 2.35. The van der Waals surface area contributed by atoms with E-state index in [4.69, 9.17) is 18.9 Å². The lowest BCUT2D eigenvalue weighted by molar-refractivity contribution is -0.274. The Morgan fingerprint density at radius 2 is 1.53 bits per heavy atom. The Morgan fingerprint density at radius 3 is 2.06 bits per heavy atom. The minimum Gasteiger partial charge on any atom is -0.456 e. The SMILES string of the molecule is CO[C@@H]1O[C@H](CO)[C@@H](OC(=O)c2ccccc2)[C@H](OC(C)=O)[C@H]1N1C(=O)c2ccccc2C1=O. The molecule has 0 radical (unpaired) electrons. The average Bonchev–Trinajstić information content (AvgIpc) is 3.10. The lowest BCUT2D eigenvalue weighted by Gasteiger charge is -2.46. The van der Waals surface area contributed by atoms with Gasteiger partial charge in [0.2, 0.25) is 0 Å². The minimum atomic E-state index is -1.37. The van der Waals surface area contributed by atoms with Crippen molar-refractivity contribution >= 4 is 23.8 Å². The molecule has 10 heteroatoms. The third kappa shape index (κ3) is 4.18. The van der Waals surface area contributed by atoms with E-state index in [1.165, 1.54) is 31.4 Å². The Balaban J connectivity index is 1.74. The second-order valence-electron chi connectivity index (χ2n) is 7.79. The molecule has 2 aliphatic heterocycles. The summed E-state index contributed by atoms with van der Waals surface area (Å²) in [5, 5.41) is 9.95. The topological polar surface area (TPSA) is 129 Å². The van der Waals surface area contributed by atoms with E-state index in [1.807, 2.05) is 0 Å². The van der Waals surface area contributed by atoms with Crippen molar-refractivity contribution in [3.63, 3.8) is 0 Å². The van der Waals surface area contributed by atoms with Gasteiger partial charge in [-0.3, -0.25) is 19.3 Å². The van der Waals surface area contributed by atoms with Crippen LogP contribution in [0.5, 0.6) is 0 Å². The van der Waals surface area contributed by atoms with Crippen LogP contribution in [-0.4, -0.2) is 78.1 Å². The number of hydrogen-bond donors (Lipinski definition) is 1. The second kappa shape index (κ2) is 9.72. The maximum Gasteiger partial charge on any atom is 0.338 e. The first kappa shape index (κ1) is 23.6. The Morgan fingerprint density at radius 1 is 0.941 bits per heavy atom. The van der Waals surface area contributed by atoms with E-state index in [0.29, 0.717) is 0 Å². The Bertz CT molecular complexity index is 1070. The highest BCUT2D eigenvalue weighted by molar-refractivity contribution is 6.21. The van der Waals surface area contributed by atoms with Crippen molar-refractivity contribution in [1.29, 1.82) is 0 Å². The first-order valence-corrected chi connectivity index (χ1v) is 10.6. The zero-order chi connectivity index (χ0) is 24.4. The first-order valence-electron chi connectivity index (χ1n) is 10.6. The predicted molar refractivity (Wildman–Crippen MR) is 115 cm³/mol. The number of imide groups is 1. The van der Waals surface area contributed by atoms with Crippen molar-refractivity contribution in [2.45, 2.75) is 37.6 Å². The summed E-state index contributed by atoms with van der Waals surface area (Å²) in [6.07, 6.45) is -5.14. The van der Waals surface area contributed by atoms with Gasteiger partial charge in [0.05, 0.1) is 23.3 Å². The smallest absolute Gasteiger partial charge is 0.338 e. The number of rotatable bonds is 6. The number of amides is 2. The van der Waals surface area contributed by atoms with Crippen LogP contribution in [0.25, 0.3) is 0 Å². The molecule has 34 heavy (non-hydrogen) atoms. The van der Waals surface area contributed by atoms with Gasteiger partial charge in [-0.25, -0.2) is 4.79 Å². The van der Waals surface area contributed by atoms with Crippen LogP contribution in [-0.2, 0) is 23.7 Å². The highest BCUT2D eigenvalue weighted by atomic mass is 16.7. The Hall–Kier alpha value is -3.60. The monoisotopic (exact) mass is 469 g/mol. The summed E-state index contributed by atoms with van der Waals surface area (Å²) in [4.78, 5) is 52.1. The van der Waals surface area contributed by atoms with Crippen LogP contribution in [0.1, 0.15) is 38.0 Å². The van der Waals surface area contributed by atoms with E-state index < -0.39 is 61.0 Å². The van der Waals surface area contributed by atoms with E-state index in [2.05, 4.69) is 0 Å². The number of ether oxygens (including phenoxy) is 4. The molecule has 178 valence electrons. The third-order valence-corrected chi connectivity index (χ3v) is 5.71. The van der Waals surface area contributed by atoms with Crippen molar-refractivity contribution in [3.8, 4) is 0 Å². The zero-order valence-electron chi connectivity index (χ0n) is 18.5. The quantitative estimate of drug-likeness (QED) is 0.490. The number of aliphatic hydroxyl groups excluding tert-OH is 1. The molecule has 5 atom stereocenters. The van der Waals surface area contributed by atoms with Crippen molar-refractivity contribution < 1.29 is 43.2 Å². The summed E-state index contributed by atoms with van der Waals surface area (Å²) in [7, 11) is 1.28. The molecule has 1 saturated heterocycles. The molecular weight excluding hydrogens is 446 g/mol. The molecule has 0 bridgehead atoms. The van der Waals surface area contributed by atoms with Gasteiger partial charge < -0.3 is 24.1 Å². The summed E-state index contributed by atoms with van der Waals surface area (Å²) >= 11 is 0. The third-order valence-electron chi connectivity index (χ3n) is 5.71. The van der Waals surface area contributed by atoms with Gasteiger partial charge in [0, 0.05) is 14.0 Å². The molecule has 0 aliphatic carbocycles. The summed E-state index contributed by atoms with van der Waals surface area (Å²) < 4.78 is 22.3. The normalized spacial score (nSPS) is 26.2. The van der Waals surface area contributed by atoms with Crippen molar-refractivity contribution in [3.05, 3.63) is 71.3 Å². The maximum absolute atomic E-state index is 13.2. The average molecular weight is 469 g/mol. The number of carbonyl (C=O) groups excluding carboxylic acids is 4. The van der Waals surface area contributed by atoms with E-state index in [9.17, 15) is 24.3 Å². The van der Waals surface area contributed by atoms with E-state index in [1.54, 1.807) is 30.3 Å². The van der Waals surface area contributed by atoms with Gasteiger partial charge in [0.1, 0.15) is 12.1 Å². The van der Waals surface area contributed by atoms with Gasteiger partial charge in [-0.15, -0.1) is 0 Å². The largest absolute Gasteiger partial charge is 0.456 e. The van der Waals surface area contributed by atoms with Gasteiger partial charge >= 0.3 is 11.9 Å². The van der Waals surface area contributed by atoms with E-state index >= 15 is 0 Å². The molecular formula is C24H23NO9. The Kier molecular flexibility index (Phi) is 6.73.